The highest BCUT2D eigenvalue weighted by Gasteiger charge is 2.46. The standard InChI is InChI=1S/C14H24N2O3/c1-2-14(13(18)19)7-8-16(9-14)12(17)10-5-3-4-6-11(10)15/h10-11H,2-9,15H2,1H3,(H,18,19). The fourth-order valence-corrected chi connectivity index (χ4v) is 3.38. The highest BCUT2D eigenvalue weighted by atomic mass is 16.4. The van der Waals surface area contributed by atoms with Crippen molar-refractivity contribution in [3.63, 3.8) is 0 Å². The van der Waals surface area contributed by atoms with Gasteiger partial charge in [-0.25, -0.2) is 0 Å². The van der Waals surface area contributed by atoms with Crippen molar-refractivity contribution in [2.45, 2.75) is 51.5 Å². The average Bonchev–Trinajstić information content (AvgIpc) is 2.84. The quantitative estimate of drug-likeness (QED) is 0.806. The fraction of sp³-hybridized carbons (Fsp3) is 0.857. The second-order valence-corrected chi connectivity index (χ2v) is 6.00. The summed E-state index contributed by atoms with van der Waals surface area (Å²) in [6, 6.07) is -0.0531. The molecule has 5 heteroatoms. The third-order valence-electron chi connectivity index (χ3n) is 4.93. The number of hydrogen-bond acceptors (Lipinski definition) is 3. The van der Waals surface area contributed by atoms with Crippen molar-refractivity contribution >= 4 is 11.9 Å². The van der Waals surface area contributed by atoms with Crippen LogP contribution in [-0.2, 0) is 9.59 Å². The molecule has 1 heterocycles. The van der Waals surface area contributed by atoms with Crippen LogP contribution in [-0.4, -0.2) is 41.0 Å². The van der Waals surface area contributed by atoms with Crippen molar-refractivity contribution in [3.8, 4) is 0 Å². The summed E-state index contributed by atoms with van der Waals surface area (Å²) in [6.07, 6.45) is 5.04. The van der Waals surface area contributed by atoms with E-state index < -0.39 is 11.4 Å². The summed E-state index contributed by atoms with van der Waals surface area (Å²) < 4.78 is 0. The molecule has 0 aromatic rings. The molecule has 1 aliphatic heterocycles. The van der Waals surface area contributed by atoms with Gasteiger partial charge in [0.1, 0.15) is 0 Å². The van der Waals surface area contributed by atoms with Crippen LogP contribution in [0.25, 0.3) is 0 Å². The number of rotatable bonds is 3. The van der Waals surface area contributed by atoms with Crippen LogP contribution in [0.1, 0.15) is 45.4 Å². The first kappa shape index (κ1) is 14.3. The Balaban J connectivity index is 2.04. The lowest BCUT2D eigenvalue weighted by molar-refractivity contribution is -0.149. The molecule has 3 unspecified atom stereocenters. The molecule has 1 saturated carbocycles. The molecule has 19 heavy (non-hydrogen) atoms. The van der Waals surface area contributed by atoms with Crippen molar-refractivity contribution in [2.24, 2.45) is 17.1 Å². The van der Waals surface area contributed by atoms with E-state index in [0.29, 0.717) is 25.9 Å². The zero-order valence-electron chi connectivity index (χ0n) is 11.6. The number of hydrogen-bond donors (Lipinski definition) is 2. The monoisotopic (exact) mass is 268 g/mol. The molecule has 0 radical (unpaired) electrons. The van der Waals surface area contributed by atoms with Gasteiger partial charge in [0, 0.05) is 19.1 Å². The van der Waals surface area contributed by atoms with E-state index in [1.807, 2.05) is 6.92 Å². The third-order valence-corrected chi connectivity index (χ3v) is 4.93. The summed E-state index contributed by atoms with van der Waals surface area (Å²) in [5.41, 5.74) is 5.30. The predicted octanol–water partition coefficient (Wildman–Crippen LogP) is 1.22. The van der Waals surface area contributed by atoms with Crippen molar-refractivity contribution in [1.29, 1.82) is 0 Å². The number of nitrogens with zero attached hydrogens (tertiary/aromatic N) is 1. The van der Waals surface area contributed by atoms with E-state index in [1.165, 1.54) is 0 Å². The van der Waals surface area contributed by atoms with Crippen LogP contribution in [0.3, 0.4) is 0 Å². The first-order valence-electron chi connectivity index (χ1n) is 7.28. The van der Waals surface area contributed by atoms with Gasteiger partial charge in [-0.3, -0.25) is 9.59 Å². The van der Waals surface area contributed by atoms with E-state index in [-0.39, 0.29) is 17.9 Å². The highest BCUT2D eigenvalue weighted by Crippen LogP contribution is 2.36. The van der Waals surface area contributed by atoms with E-state index in [1.54, 1.807) is 4.90 Å². The number of carbonyl (C=O) groups excluding carboxylic acids is 1. The van der Waals surface area contributed by atoms with Crippen LogP contribution in [0, 0.1) is 11.3 Å². The smallest absolute Gasteiger partial charge is 0.311 e. The summed E-state index contributed by atoms with van der Waals surface area (Å²) in [5.74, 6) is -0.808. The molecule has 1 amide bonds. The van der Waals surface area contributed by atoms with Gasteiger partial charge in [-0.05, 0) is 25.7 Å². The molecule has 2 rings (SSSR count). The van der Waals surface area contributed by atoms with Crippen molar-refractivity contribution in [3.05, 3.63) is 0 Å². The molecular formula is C14H24N2O3. The van der Waals surface area contributed by atoms with Gasteiger partial charge >= 0.3 is 5.97 Å². The van der Waals surface area contributed by atoms with E-state index >= 15 is 0 Å². The Hall–Kier alpha value is -1.10. The molecule has 1 saturated heterocycles. The van der Waals surface area contributed by atoms with Gasteiger partial charge in [-0.2, -0.15) is 0 Å². The molecule has 3 atom stereocenters. The zero-order valence-corrected chi connectivity index (χ0v) is 11.6. The lowest BCUT2D eigenvalue weighted by Gasteiger charge is -2.31. The lowest BCUT2D eigenvalue weighted by Crippen LogP contribution is -2.46. The SMILES string of the molecule is CCC1(C(=O)O)CCN(C(=O)C2CCCCC2N)C1. The molecule has 0 aromatic carbocycles. The second-order valence-electron chi connectivity index (χ2n) is 6.00. The fourth-order valence-electron chi connectivity index (χ4n) is 3.38. The molecular weight excluding hydrogens is 244 g/mol. The van der Waals surface area contributed by atoms with Crippen LogP contribution in [0.5, 0.6) is 0 Å². The number of amides is 1. The third kappa shape index (κ3) is 2.61. The van der Waals surface area contributed by atoms with Gasteiger partial charge in [0.15, 0.2) is 0 Å². The van der Waals surface area contributed by atoms with Crippen LogP contribution in [0.2, 0.25) is 0 Å². The summed E-state index contributed by atoms with van der Waals surface area (Å²) in [4.78, 5) is 25.6. The van der Waals surface area contributed by atoms with Crippen LogP contribution in [0.15, 0.2) is 0 Å². The zero-order chi connectivity index (χ0) is 14.0. The Labute approximate surface area is 114 Å². The number of nitrogens with two attached hydrogens (primary N) is 1. The Morgan fingerprint density at radius 3 is 2.58 bits per heavy atom. The van der Waals surface area contributed by atoms with Gasteiger partial charge in [0.05, 0.1) is 11.3 Å². The minimum atomic E-state index is -0.779. The van der Waals surface area contributed by atoms with Gasteiger partial charge in [-0.1, -0.05) is 19.8 Å². The molecule has 2 aliphatic rings. The molecule has 0 aromatic heterocycles. The number of carboxylic acids is 1. The van der Waals surface area contributed by atoms with Crippen LogP contribution >= 0.6 is 0 Å². The van der Waals surface area contributed by atoms with Gasteiger partial charge in [-0.15, -0.1) is 0 Å². The van der Waals surface area contributed by atoms with Gasteiger partial charge in [0.2, 0.25) is 5.91 Å². The number of likely N-dealkylation sites (tertiary alicyclic amines) is 1. The van der Waals surface area contributed by atoms with E-state index in [9.17, 15) is 14.7 Å². The largest absolute Gasteiger partial charge is 0.481 e. The van der Waals surface area contributed by atoms with Gasteiger partial charge in [0.25, 0.3) is 0 Å². The minimum Gasteiger partial charge on any atom is -0.481 e. The second kappa shape index (κ2) is 5.49. The molecule has 2 fully saturated rings. The summed E-state index contributed by atoms with van der Waals surface area (Å²) >= 11 is 0. The van der Waals surface area contributed by atoms with E-state index in [0.717, 1.165) is 25.7 Å². The molecule has 5 nitrogen and oxygen atoms in total. The molecule has 108 valence electrons. The molecule has 1 aliphatic carbocycles. The number of aliphatic carboxylic acids is 1. The topological polar surface area (TPSA) is 83.6 Å². The predicted molar refractivity (Wildman–Crippen MR) is 71.5 cm³/mol. The Morgan fingerprint density at radius 2 is 2.05 bits per heavy atom. The van der Waals surface area contributed by atoms with Gasteiger partial charge < -0.3 is 15.7 Å². The summed E-state index contributed by atoms with van der Waals surface area (Å²) in [5, 5.41) is 9.36. The maximum absolute atomic E-state index is 12.5. The minimum absolute atomic E-state index is 0.0531. The Morgan fingerprint density at radius 1 is 1.37 bits per heavy atom. The van der Waals surface area contributed by atoms with Crippen molar-refractivity contribution in [2.75, 3.05) is 13.1 Å². The summed E-state index contributed by atoms with van der Waals surface area (Å²) in [6.45, 7) is 2.79. The van der Waals surface area contributed by atoms with Crippen LogP contribution < -0.4 is 5.73 Å². The first-order chi connectivity index (χ1) is 9.00. The number of carboxylic acid groups (broad SMARTS) is 1. The highest BCUT2D eigenvalue weighted by molar-refractivity contribution is 5.82. The maximum atomic E-state index is 12.5. The number of carbonyl (C=O) groups is 2. The molecule has 0 bridgehead atoms. The maximum Gasteiger partial charge on any atom is 0.311 e. The molecule has 0 spiro atoms. The van der Waals surface area contributed by atoms with Crippen LogP contribution in [0.4, 0.5) is 0 Å². The van der Waals surface area contributed by atoms with E-state index in [2.05, 4.69) is 0 Å². The van der Waals surface area contributed by atoms with E-state index in [4.69, 9.17) is 5.73 Å². The summed E-state index contributed by atoms with van der Waals surface area (Å²) in [7, 11) is 0. The lowest BCUT2D eigenvalue weighted by atomic mass is 9.83. The van der Waals surface area contributed by atoms with Crippen molar-refractivity contribution in [1.82, 2.24) is 4.90 Å². The Bertz CT molecular complexity index is 372. The average molecular weight is 268 g/mol. The van der Waals surface area contributed by atoms with Crippen molar-refractivity contribution < 1.29 is 14.7 Å². The molecule has 3 N–H and O–H groups in total. The first-order valence-corrected chi connectivity index (χ1v) is 7.28. The Kier molecular flexibility index (Phi) is 4.13. The normalized spacial score (nSPS) is 35.4.